The zero-order valence-electron chi connectivity index (χ0n) is 12.1. The van der Waals surface area contributed by atoms with Gasteiger partial charge in [0, 0.05) is 19.3 Å². The third kappa shape index (κ3) is 5.08. The summed E-state index contributed by atoms with van der Waals surface area (Å²) in [5, 5.41) is 7.88. The molecule has 0 aliphatic rings. The molecule has 4 heteroatoms. The standard InChI is InChI=1S/C14H27N3O/c1-5-12(3)9-13(6-2)16-14-10-15-17(11-14)7-8-18-4/h10-13,16H,5-9H2,1-4H3. The number of nitrogens with zero attached hydrogens (tertiary/aromatic N) is 2. The van der Waals surface area contributed by atoms with Crippen molar-refractivity contribution in [2.45, 2.75) is 52.6 Å². The van der Waals surface area contributed by atoms with Crippen molar-refractivity contribution in [1.29, 1.82) is 0 Å². The van der Waals surface area contributed by atoms with Crippen LogP contribution in [0.2, 0.25) is 0 Å². The molecule has 0 amide bonds. The van der Waals surface area contributed by atoms with E-state index in [9.17, 15) is 0 Å². The van der Waals surface area contributed by atoms with Crippen molar-refractivity contribution < 1.29 is 4.74 Å². The van der Waals surface area contributed by atoms with Crippen molar-refractivity contribution in [3.05, 3.63) is 12.4 Å². The second-order valence-electron chi connectivity index (χ2n) is 4.98. The predicted octanol–water partition coefficient (Wildman–Crippen LogP) is 3.16. The summed E-state index contributed by atoms with van der Waals surface area (Å²) in [6.45, 7) is 8.30. The van der Waals surface area contributed by atoms with Gasteiger partial charge in [0.05, 0.1) is 25.0 Å². The van der Waals surface area contributed by atoms with Crippen LogP contribution in [0.1, 0.15) is 40.0 Å². The maximum absolute atomic E-state index is 5.04. The molecule has 1 rings (SSSR count). The van der Waals surface area contributed by atoms with Gasteiger partial charge in [-0.2, -0.15) is 5.10 Å². The lowest BCUT2D eigenvalue weighted by Crippen LogP contribution is -2.21. The molecule has 4 nitrogen and oxygen atoms in total. The fourth-order valence-corrected chi connectivity index (χ4v) is 1.96. The van der Waals surface area contributed by atoms with Crippen LogP contribution < -0.4 is 5.32 Å². The summed E-state index contributed by atoms with van der Waals surface area (Å²) in [4.78, 5) is 0. The zero-order valence-corrected chi connectivity index (χ0v) is 12.1. The van der Waals surface area contributed by atoms with Gasteiger partial charge >= 0.3 is 0 Å². The molecule has 0 spiro atoms. The molecular weight excluding hydrogens is 226 g/mol. The van der Waals surface area contributed by atoms with Crippen LogP contribution in [0.3, 0.4) is 0 Å². The summed E-state index contributed by atoms with van der Waals surface area (Å²) in [6.07, 6.45) is 7.56. The fourth-order valence-electron chi connectivity index (χ4n) is 1.96. The van der Waals surface area contributed by atoms with Crippen LogP contribution in [0, 0.1) is 5.92 Å². The Labute approximate surface area is 111 Å². The van der Waals surface area contributed by atoms with Crippen molar-refractivity contribution in [2.24, 2.45) is 5.92 Å². The molecule has 0 aliphatic carbocycles. The molecule has 0 aliphatic heterocycles. The molecule has 0 bridgehead atoms. The highest BCUT2D eigenvalue weighted by molar-refractivity contribution is 5.39. The minimum Gasteiger partial charge on any atom is -0.383 e. The Morgan fingerprint density at radius 2 is 2.17 bits per heavy atom. The van der Waals surface area contributed by atoms with E-state index in [1.54, 1.807) is 7.11 Å². The SMILES string of the molecule is CCC(C)CC(CC)Nc1cnn(CCOC)c1. The first-order valence-electron chi connectivity index (χ1n) is 6.97. The predicted molar refractivity (Wildman–Crippen MR) is 75.9 cm³/mol. The van der Waals surface area contributed by atoms with Gasteiger partial charge in [-0.1, -0.05) is 27.2 Å². The molecule has 0 saturated heterocycles. The van der Waals surface area contributed by atoms with E-state index in [-0.39, 0.29) is 0 Å². The number of ether oxygens (including phenoxy) is 1. The van der Waals surface area contributed by atoms with Crippen LogP contribution in [0.4, 0.5) is 5.69 Å². The first kappa shape index (κ1) is 15.0. The van der Waals surface area contributed by atoms with Crippen LogP contribution in [0.25, 0.3) is 0 Å². The highest BCUT2D eigenvalue weighted by atomic mass is 16.5. The van der Waals surface area contributed by atoms with Gasteiger partial charge in [0.1, 0.15) is 0 Å². The third-order valence-electron chi connectivity index (χ3n) is 3.41. The first-order chi connectivity index (χ1) is 8.69. The summed E-state index contributed by atoms with van der Waals surface area (Å²) in [5.41, 5.74) is 1.11. The van der Waals surface area contributed by atoms with E-state index < -0.39 is 0 Å². The molecule has 104 valence electrons. The molecular formula is C14H27N3O. The third-order valence-corrected chi connectivity index (χ3v) is 3.41. The molecule has 1 heterocycles. The number of anilines is 1. The summed E-state index contributed by atoms with van der Waals surface area (Å²) in [5.74, 6) is 0.769. The Morgan fingerprint density at radius 3 is 2.78 bits per heavy atom. The van der Waals surface area contributed by atoms with E-state index in [2.05, 4.69) is 37.4 Å². The van der Waals surface area contributed by atoms with Gasteiger partial charge in [0.15, 0.2) is 0 Å². The topological polar surface area (TPSA) is 39.1 Å². The van der Waals surface area contributed by atoms with Crippen LogP contribution in [-0.4, -0.2) is 29.5 Å². The monoisotopic (exact) mass is 253 g/mol. The van der Waals surface area contributed by atoms with Crippen molar-refractivity contribution >= 4 is 5.69 Å². The normalized spacial score (nSPS) is 14.4. The number of aromatic nitrogens is 2. The van der Waals surface area contributed by atoms with E-state index in [1.807, 2.05) is 10.9 Å². The van der Waals surface area contributed by atoms with Gasteiger partial charge < -0.3 is 10.1 Å². The first-order valence-corrected chi connectivity index (χ1v) is 6.97. The largest absolute Gasteiger partial charge is 0.383 e. The summed E-state index contributed by atoms with van der Waals surface area (Å²) in [7, 11) is 1.71. The highest BCUT2D eigenvalue weighted by Crippen LogP contribution is 2.16. The Balaban J connectivity index is 2.46. The Hall–Kier alpha value is -1.03. The second-order valence-corrected chi connectivity index (χ2v) is 4.98. The van der Waals surface area contributed by atoms with Gasteiger partial charge in [-0.25, -0.2) is 0 Å². The Bertz CT molecular complexity index is 325. The Kier molecular flexibility index (Phi) is 6.80. The highest BCUT2D eigenvalue weighted by Gasteiger charge is 2.11. The number of methoxy groups -OCH3 is 1. The van der Waals surface area contributed by atoms with E-state index >= 15 is 0 Å². The van der Waals surface area contributed by atoms with Crippen molar-refractivity contribution in [2.75, 3.05) is 19.0 Å². The molecule has 0 fully saturated rings. The zero-order chi connectivity index (χ0) is 13.4. The minimum atomic E-state index is 0.542. The van der Waals surface area contributed by atoms with E-state index in [0.29, 0.717) is 12.6 Å². The second kappa shape index (κ2) is 8.14. The number of hydrogen-bond acceptors (Lipinski definition) is 3. The van der Waals surface area contributed by atoms with Gasteiger partial charge in [0.2, 0.25) is 0 Å². The maximum Gasteiger partial charge on any atom is 0.0728 e. The molecule has 18 heavy (non-hydrogen) atoms. The molecule has 0 radical (unpaired) electrons. The molecule has 2 unspecified atom stereocenters. The quantitative estimate of drug-likeness (QED) is 0.735. The van der Waals surface area contributed by atoms with Crippen molar-refractivity contribution in [3.63, 3.8) is 0 Å². The molecule has 1 aromatic heterocycles. The van der Waals surface area contributed by atoms with Gasteiger partial charge in [-0.15, -0.1) is 0 Å². The van der Waals surface area contributed by atoms with Crippen molar-refractivity contribution in [3.8, 4) is 0 Å². The molecule has 0 saturated carbocycles. The Morgan fingerprint density at radius 1 is 1.39 bits per heavy atom. The summed E-state index contributed by atoms with van der Waals surface area (Å²) in [6, 6.07) is 0.542. The minimum absolute atomic E-state index is 0.542. The molecule has 1 N–H and O–H groups in total. The van der Waals surface area contributed by atoms with Crippen LogP contribution in [-0.2, 0) is 11.3 Å². The molecule has 2 atom stereocenters. The number of rotatable bonds is 9. The van der Waals surface area contributed by atoms with E-state index in [0.717, 1.165) is 24.6 Å². The van der Waals surface area contributed by atoms with E-state index in [4.69, 9.17) is 4.74 Å². The maximum atomic E-state index is 5.04. The number of hydrogen-bond donors (Lipinski definition) is 1. The molecule has 1 aromatic rings. The average Bonchev–Trinajstić information content (AvgIpc) is 2.82. The lowest BCUT2D eigenvalue weighted by atomic mass is 9.98. The average molecular weight is 253 g/mol. The number of nitrogens with one attached hydrogen (secondary N) is 1. The van der Waals surface area contributed by atoms with Crippen molar-refractivity contribution in [1.82, 2.24) is 9.78 Å². The molecule has 0 aromatic carbocycles. The van der Waals surface area contributed by atoms with Gasteiger partial charge in [-0.05, 0) is 18.8 Å². The lowest BCUT2D eigenvalue weighted by molar-refractivity contribution is 0.183. The fraction of sp³-hybridized carbons (Fsp3) is 0.786. The lowest BCUT2D eigenvalue weighted by Gasteiger charge is -2.20. The van der Waals surface area contributed by atoms with Crippen LogP contribution >= 0.6 is 0 Å². The smallest absolute Gasteiger partial charge is 0.0728 e. The van der Waals surface area contributed by atoms with Gasteiger partial charge in [-0.3, -0.25) is 4.68 Å². The van der Waals surface area contributed by atoms with Crippen LogP contribution in [0.5, 0.6) is 0 Å². The van der Waals surface area contributed by atoms with Gasteiger partial charge in [0.25, 0.3) is 0 Å². The van der Waals surface area contributed by atoms with Crippen LogP contribution in [0.15, 0.2) is 12.4 Å². The summed E-state index contributed by atoms with van der Waals surface area (Å²) >= 11 is 0. The summed E-state index contributed by atoms with van der Waals surface area (Å²) < 4.78 is 6.96. The van der Waals surface area contributed by atoms with E-state index in [1.165, 1.54) is 12.8 Å².